The summed E-state index contributed by atoms with van der Waals surface area (Å²) in [4.78, 5) is 31.9. The number of carbonyl (C=O) groups is 3. The van der Waals surface area contributed by atoms with E-state index < -0.39 is 36.5 Å². The second-order valence-electron chi connectivity index (χ2n) is 3.12. The fourth-order valence-electron chi connectivity index (χ4n) is 0.874. The lowest BCUT2D eigenvalue weighted by Gasteiger charge is -2.15. The molecule has 0 fully saturated rings. The smallest absolute Gasteiger partial charge is 0.328 e. The van der Waals surface area contributed by atoms with E-state index in [0.717, 1.165) is 0 Å². The lowest BCUT2D eigenvalue weighted by molar-refractivity contribution is -0.143. The maximum absolute atomic E-state index is 11.2. The largest absolute Gasteiger partial charge is 0.481 e. The highest BCUT2D eigenvalue weighted by atomic mass is 16.4. The molecule has 0 aromatic heterocycles. The summed E-state index contributed by atoms with van der Waals surface area (Å²) in [6.07, 6.45) is -0.385. The minimum atomic E-state index is -1.43. The predicted molar refractivity (Wildman–Crippen MR) is 51.5 cm³/mol. The Balaban J connectivity index is 4.13. The molecule has 0 rings (SSSR count). The molecule has 0 saturated carbocycles. The summed E-state index contributed by atoms with van der Waals surface area (Å²) in [5, 5.41) is 27.4. The first kappa shape index (κ1) is 14.3. The van der Waals surface area contributed by atoms with E-state index in [4.69, 9.17) is 21.1 Å². The molecule has 6 N–H and O–H groups in total. The van der Waals surface area contributed by atoms with Gasteiger partial charge in [-0.25, -0.2) is 4.79 Å². The summed E-state index contributed by atoms with van der Waals surface area (Å²) in [7, 11) is 0. The molecule has 0 aliphatic rings. The summed E-state index contributed by atoms with van der Waals surface area (Å²) >= 11 is 0. The highest BCUT2D eigenvalue weighted by Gasteiger charge is 2.22. The van der Waals surface area contributed by atoms with Crippen molar-refractivity contribution >= 4 is 17.8 Å². The van der Waals surface area contributed by atoms with Gasteiger partial charge in [0.15, 0.2) is 0 Å². The van der Waals surface area contributed by atoms with Gasteiger partial charge in [-0.2, -0.15) is 0 Å². The van der Waals surface area contributed by atoms with Gasteiger partial charge in [-0.1, -0.05) is 0 Å². The van der Waals surface area contributed by atoms with Crippen molar-refractivity contribution in [2.24, 2.45) is 5.73 Å². The van der Waals surface area contributed by atoms with Crippen LogP contribution < -0.4 is 11.1 Å². The molecular weight excluding hydrogens is 220 g/mol. The fraction of sp³-hybridized carbons (Fsp3) is 0.625. The molecule has 0 aliphatic heterocycles. The second-order valence-corrected chi connectivity index (χ2v) is 3.12. The Hall–Kier alpha value is -1.67. The van der Waals surface area contributed by atoms with Crippen LogP contribution in [0.1, 0.15) is 12.8 Å². The first-order valence-corrected chi connectivity index (χ1v) is 4.50. The molecule has 0 spiro atoms. The molecular formula is C8H14N2O6. The number of carboxylic acid groups (broad SMARTS) is 2. The van der Waals surface area contributed by atoms with Gasteiger partial charge in [-0.3, -0.25) is 9.59 Å². The molecule has 0 saturated heterocycles. The Bertz CT molecular complexity index is 280. The normalized spacial score (nSPS) is 13.9. The van der Waals surface area contributed by atoms with Crippen LogP contribution in [-0.4, -0.2) is 51.9 Å². The average molecular weight is 234 g/mol. The molecule has 92 valence electrons. The summed E-state index contributed by atoms with van der Waals surface area (Å²) in [5.41, 5.74) is 5.32. The van der Waals surface area contributed by atoms with Gasteiger partial charge < -0.3 is 26.4 Å². The quantitative estimate of drug-likeness (QED) is 0.333. The first-order chi connectivity index (χ1) is 7.38. The van der Waals surface area contributed by atoms with Crippen molar-refractivity contribution in [3.63, 3.8) is 0 Å². The van der Waals surface area contributed by atoms with E-state index in [1.54, 1.807) is 0 Å². The minimum Gasteiger partial charge on any atom is -0.481 e. The topological polar surface area (TPSA) is 150 Å². The Morgan fingerprint density at radius 1 is 1.25 bits per heavy atom. The number of carboxylic acids is 2. The predicted octanol–water partition coefficient (Wildman–Crippen LogP) is -2.26. The van der Waals surface area contributed by atoms with Gasteiger partial charge in [0.2, 0.25) is 5.91 Å². The molecule has 0 aromatic carbocycles. The molecule has 0 unspecified atom stereocenters. The van der Waals surface area contributed by atoms with Gasteiger partial charge >= 0.3 is 11.9 Å². The van der Waals surface area contributed by atoms with Gasteiger partial charge in [0.25, 0.3) is 0 Å². The van der Waals surface area contributed by atoms with Crippen molar-refractivity contribution < 1.29 is 29.7 Å². The summed E-state index contributed by atoms with van der Waals surface area (Å²) in [6.45, 7) is -0.757. The molecule has 2 atom stereocenters. The van der Waals surface area contributed by atoms with Crippen LogP contribution >= 0.6 is 0 Å². The maximum atomic E-state index is 11.2. The van der Waals surface area contributed by atoms with Gasteiger partial charge in [0.05, 0.1) is 12.6 Å². The second kappa shape index (κ2) is 6.75. The Morgan fingerprint density at radius 3 is 2.19 bits per heavy atom. The third kappa shape index (κ3) is 5.27. The fourth-order valence-corrected chi connectivity index (χ4v) is 0.874. The van der Waals surface area contributed by atoms with Gasteiger partial charge in [-0.05, 0) is 6.42 Å². The maximum Gasteiger partial charge on any atom is 0.328 e. The Morgan fingerprint density at radius 2 is 1.81 bits per heavy atom. The number of carbonyl (C=O) groups excluding carboxylic acids is 1. The zero-order chi connectivity index (χ0) is 12.7. The number of rotatable bonds is 7. The van der Waals surface area contributed by atoms with E-state index in [-0.39, 0.29) is 12.8 Å². The molecule has 16 heavy (non-hydrogen) atoms. The average Bonchev–Trinajstić information content (AvgIpc) is 2.21. The highest BCUT2D eigenvalue weighted by Crippen LogP contribution is 1.95. The van der Waals surface area contributed by atoms with Gasteiger partial charge in [0, 0.05) is 6.42 Å². The number of nitrogens with two attached hydrogens (primary N) is 1. The highest BCUT2D eigenvalue weighted by molar-refractivity contribution is 5.87. The lowest BCUT2D eigenvalue weighted by atomic mass is 10.1. The van der Waals surface area contributed by atoms with Crippen LogP contribution in [-0.2, 0) is 14.4 Å². The van der Waals surface area contributed by atoms with Crippen molar-refractivity contribution in [2.45, 2.75) is 24.9 Å². The summed E-state index contributed by atoms with van der Waals surface area (Å²) < 4.78 is 0. The monoisotopic (exact) mass is 234 g/mol. The Labute approximate surface area is 91.1 Å². The van der Waals surface area contributed by atoms with Crippen LogP contribution in [0.2, 0.25) is 0 Å². The number of aliphatic carboxylic acids is 2. The van der Waals surface area contributed by atoms with Crippen molar-refractivity contribution in [2.75, 3.05) is 6.61 Å². The number of hydrogen-bond donors (Lipinski definition) is 5. The molecule has 0 heterocycles. The van der Waals surface area contributed by atoms with Crippen molar-refractivity contribution in [3.05, 3.63) is 0 Å². The molecule has 0 aliphatic carbocycles. The number of hydrogen-bond acceptors (Lipinski definition) is 5. The zero-order valence-electron chi connectivity index (χ0n) is 8.42. The molecule has 8 nitrogen and oxygen atoms in total. The summed E-state index contributed by atoms with van der Waals surface area (Å²) in [6, 6.07) is -2.53. The number of aliphatic hydroxyl groups is 1. The van der Waals surface area contributed by atoms with E-state index in [1.807, 2.05) is 5.32 Å². The first-order valence-electron chi connectivity index (χ1n) is 4.50. The third-order valence-corrected chi connectivity index (χ3v) is 1.80. The molecule has 0 bridgehead atoms. The van der Waals surface area contributed by atoms with Crippen LogP contribution in [0.3, 0.4) is 0 Å². The van der Waals surface area contributed by atoms with Crippen LogP contribution in [0.5, 0.6) is 0 Å². The number of amides is 1. The van der Waals surface area contributed by atoms with Crippen LogP contribution in [0.25, 0.3) is 0 Å². The van der Waals surface area contributed by atoms with E-state index in [2.05, 4.69) is 0 Å². The standard InChI is InChI=1S/C8H14N2O6/c9-4(1-2-6(12)13)7(14)10-5(3-11)8(15)16/h4-5,11H,1-3,9H2,(H,10,14)(H,12,13)(H,15,16)/t4-,5+/m0/s1. The van der Waals surface area contributed by atoms with Crippen molar-refractivity contribution in [1.82, 2.24) is 5.32 Å². The lowest BCUT2D eigenvalue weighted by Crippen LogP contribution is -2.50. The molecule has 1 amide bonds. The van der Waals surface area contributed by atoms with Crippen LogP contribution in [0.15, 0.2) is 0 Å². The van der Waals surface area contributed by atoms with E-state index in [0.29, 0.717) is 0 Å². The van der Waals surface area contributed by atoms with Gasteiger partial charge in [-0.15, -0.1) is 0 Å². The summed E-state index contributed by atoms with van der Waals surface area (Å²) in [5.74, 6) is -3.29. The number of aliphatic hydroxyl groups excluding tert-OH is 1. The van der Waals surface area contributed by atoms with Gasteiger partial charge in [0.1, 0.15) is 6.04 Å². The van der Waals surface area contributed by atoms with E-state index in [1.165, 1.54) is 0 Å². The minimum absolute atomic E-state index is 0.0983. The Kier molecular flexibility index (Phi) is 6.04. The molecule has 0 aromatic rings. The molecule has 8 heteroatoms. The third-order valence-electron chi connectivity index (χ3n) is 1.80. The van der Waals surface area contributed by atoms with Crippen LogP contribution in [0.4, 0.5) is 0 Å². The SMILES string of the molecule is N[C@@H](CCC(=O)O)C(=O)N[C@H](CO)C(=O)O. The molecule has 0 radical (unpaired) electrons. The van der Waals surface area contributed by atoms with E-state index >= 15 is 0 Å². The van der Waals surface area contributed by atoms with E-state index in [9.17, 15) is 14.4 Å². The number of nitrogens with one attached hydrogen (secondary N) is 1. The van der Waals surface area contributed by atoms with Crippen LogP contribution in [0, 0.1) is 0 Å². The van der Waals surface area contributed by atoms with Crippen molar-refractivity contribution in [3.8, 4) is 0 Å². The zero-order valence-corrected chi connectivity index (χ0v) is 8.42. The van der Waals surface area contributed by atoms with Crippen molar-refractivity contribution in [1.29, 1.82) is 0 Å².